The van der Waals surface area contributed by atoms with E-state index in [1.807, 2.05) is 0 Å². The monoisotopic (exact) mass is 377 g/mol. The minimum absolute atomic E-state index is 0.210. The molecular weight excluding hydrogens is 360 g/mol. The molecule has 0 bridgehead atoms. The van der Waals surface area contributed by atoms with E-state index in [4.69, 9.17) is 14.2 Å². The minimum atomic E-state index is -0.928. The first-order valence-electron chi connectivity index (χ1n) is 7.74. The molecule has 8 heteroatoms. The normalized spacial score (nSPS) is 10.5. The minimum Gasteiger partial charge on any atom is -0.493 e. The molecule has 0 aliphatic rings. The van der Waals surface area contributed by atoms with Crippen LogP contribution in [-0.4, -0.2) is 32.7 Å². The summed E-state index contributed by atoms with van der Waals surface area (Å²) in [6.45, 7) is -0.619. The van der Waals surface area contributed by atoms with Crippen LogP contribution in [0.4, 0.5) is 14.5 Å². The summed E-state index contributed by atoms with van der Waals surface area (Å²) in [5.74, 6) is -2.18. The van der Waals surface area contributed by atoms with Gasteiger partial charge in [-0.05, 0) is 35.9 Å². The van der Waals surface area contributed by atoms with Crippen LogP contribution in [0.3, 0.4) is 0 Å². The number of esters is 1. The largest absolute Gasteiger partial charge is 0.493 e. The molecule has 1 N–H and O–H groups in total. The highest BCUT2D eigenvalue weighted by atomic mass is 19.1. The number of hydrogen-bond donors (Lipinski definition) is 1. The van der Waals surface area contributed by atoms with Gasteiger partial charge in [0.25, 0.3) is 5.91 Å². The third-order valence-corrected chi connectivity index (χ3v) is 3.37. The zero-order valence-corrected chi connectivity index (χ0v) is 14.6. The maximum atomic E-state index is 13.4. The number of amides is 1. The molecule has 0 saturated carbocycles. The van der Waals surface area contributed by atoms with Gasteiger partial charge < -0.3 is 19.5 Å². The molecule has 0 aliphatic carbocycles. The fourth-order valence-electron chi connectivity index (χ4n) is 2.08. The van der Waals surface area contributed by atoms with E-state index < -0.39 is 30.1 Å². The van der Waals surface area contributed by atoms with Crippen LogP contribution in [0, 0.1) is 11.6 Å². The Kier molecular flexibility index (Phi) is 6.87. The van der Waals surface area contributed by atoms with E-state index in [0.717, 1.165) is 18.2 Å². The van der Waals surface area contributed by atoms with E-state index in [-0.39, 0.29) is 5.69 Å². The highest BCUT2D eigenvalue weighted by molar-refractivity contribution is 5.94. The second kappa shape index (κ2) is 9.33. The summed E-state index contributed by atoms with van der Waals surface area (Å²) in [6, 6.07) is 7.74. The van der Waals surface area contributed by atoms with Gasteiger partial charge in [-0.15, -0.1) is 0 Å². The second-order valence-electron chi connectivity index (χ2n) is 5.23. The summed E-state index contributed by atoms with van der Waals surface area (Å²) < 4.78 is 41.3. The second-order valence-corrected chi connectivity index (χ2v) is 5.23. The molecule has 0 saturated heterocycles. The molecule has 0 aromatic heterocycles. The van der Waals surface area contributed by atoms with E-state index in [1.54, 1.807) is 18.2 Å². The molecule has 27 heavy (non-hydrogen) atoms. The number of hydrogen-bond acceptors (Lipinski definition) is 5. The lowest BCUT2D eigenvalue weighted by Crippen LogP contribution is -2.20. The van der Waals surface area contributed by atoms with Crippen molar-refractivity contribution in [2.24, 2.45) is 0 Å². The van der Waals surface area contributed by atoms with Crippen LogP contribution in [0.2, 0.25) is 0 Å². The van der Waals surface area contributed by atoms with Crippen molar-refractivity contribution in [2.75, 3.05) is 26.1 Å². The van der Waals surface area contributed by atoms with Crippen molar-refractivity contribution >= 4 is 23.6 Å². The van der Waals surface area contributed by atoms with Crippen LogP contribution in [-0.2, 0) is 14.3 Å². The highest BCUT2D eigenvalue weighted by Gasteiger charge is 2.10. The molecule has 1 amide bonds. The van der Waals surface area contributed by atoms with Gasteiger partial charge in [0, 0.05) is 12.1 Å². The lowest BCUT2D eigenvalue weighted by atomic mass is 10.2. The number of benzene rings is 2. The molecule has 0 heterocycles. The van der Waals surface area contributed by atoms with Crippen LogP contribution in [0.15, 0.2) is 42.5 Å². The number of halogens is 2. The lowest BCUT2D eigenvalue weighted by molar-refractivity contribution is -0.142. The maximum absolute atomic E-state index is 13.4. The maximum Gasteiger partial charge on any atom is 0.331 e. The lowest BCUT2D eigenvalue weighted by Gasteiger charge is -2.07. The topological polar surface area (TPSA) is 73.9 Å². The van der Waals surface area contributed by atoms with Gasteiger partial charge in [-0.1, -0.05) is 6.07 Å². The molecule has 6 nitrogen and oxygen atoms in total. The number of methoxy groups -OCH3 is 2. The first-order chi connectivity index (χ1) is 12.9. The molecule has 0 radical (unpaired) electrons. The summed E-state index contributed by atoms with van der Waals surface area (Å²) in [5.41, 5.74) is 0.445. The highest BCUT2D eigenvalue weighted by Crippen LogP contribution is 2.27. The quantitative estimate of drug-likeness (QED) is 0.593. The zero-order chi connectivity index (χ0) is 19.8. The smallest absolute Gasteiger partial charge is 0.331 e. The Labute approximate surface area is 154 Å². The SMILES string of the molecule is COc1ccc(/C=C/C(=O)OCC(=O)Nc2ccc(F)cc2F)cc1OC. The van der Waals surface area contributed by atoms with Crippen molar-refractivity contribution in [2.45, 2.75) is 0 Å². The number of carbonyl (C=O) groups is 2. The molecule has 2 aromatic rings. The Morgan fingerprint density at radius 2 is 1.78 bits per heavy atom. The van der Waals surface area contributed by atoms with Gasteiger partial charge in [0.05, 0.1) is 19.9 Å². The predicted molar refractivity (Wildman–Crippen MR) is 94.5 cm³/mol. The first kappa shape index (κ1) is 19.9. The summed E-state index contributed by atoms with van der Waals surface area (Å²) in [7, 11) is 3.00. The number of ether oxygens (including phenoxy) is 3. The number of rotatable bonds is 7. The predicted octanol–water partition coefficient (Wildman–Crippen LogP) is 3.18. The summed E-state index contributed by atoms with van der Waals surface area (Å²) in [6.07, 6.45) is 2.61. The Morgan fingerprint density at radius 1 is 1.04 bits per heavy atom. The number of nitrogens with one attached hydrogen (secondary N) is 1. The van der Waals surface area contributed by atoms with Crippen LogP contribution in [0.1, 0.15) is 5.56 Å². The molecule has 0 fully saturated rings. The Bertz CT molecular complexity index is 867. The van der Waals surface area contributed by atoms with Gasteiger partial charge in [0.2, 0.25) is 0 Å². The molecular formula is C19H17F2NO5. The van der Waals surface area contributed by atoms with Gasteiger partial charge in [-0.2, -0.15) is 0 Å². The van der Waals surface area contributed by atoms with Crippen LogP contribution < -0.4 is 14.8 Å². The average Bonchev–Trinajstić information content (AvgIpc) is 2.66. The van der Waals surface area contributed by atoms with Crippen molar-refractivity contribution in [3.05, 3.63) is 59.7 Å². The van der Waals surface area contributed by atoms with Crippen LogP contribution in [0.5, 0.6) is 11.5 Å². The van der Waals surface area contributed by atoms with Crippen molar-refractivity contribution in [1.82, 2.24) is 0 Å². The van der Waals surface area contributed by atoms with E-state index in [9.17, 15) is 18.4 Å². The third kappa shape index (κ3) is 5.81. The summed E-state index contributed by atoms with van der Waals surface area (Å²) in [5, 5.41) is 2.18. The molecule has 2 rings (SSSR count). The van der Waals surface area contributed by atoms with Gasteiger partial charge in [-0.25, -0.2) is 13.6 Å². The van der Waals surface area contributed by atoms with Crippen molar-refractivity contribution < 1.29 is 32.6 Å². The Morgan fingerprint density at radius 3 is 2.44 bits per heavy atom. The van der Waals surface area contributed by atoms with E-state index in [1.165, 1.54) is 20.3 Å². The molecule has 142 valence electrons. The van der Waals surface area contributed by atoms with Crippen molar-refractivity contribution in [3.8, 4) is 11.5 Å². The third-order valence-electron chi connectivity index (χ3n) is 3.37. The number of carbonyl (C=O) groups excluding carboxylic acids is 2. The van der Waals surface area contributed by atoms with Gasteiger partial charge in [-0.3, -0.25) is 4.79 Å². The van der Waals surface area contributed by atoms with E-state index in [0.29, 0.717) is 23.1 Å². The van der Waals surface area contributed by atoms with Gasteiger partial charge in [0.1, 0.15) is 11.6 Å². The zero-order valence-electron chi connectivity index (χ0n) is 14.6. The number of anilines is 1. The van der Waals surface area contributed by atoms with E-state index in [2.05, 4.69) is 5.32 Å². The molecule has 0 aliphatic heterocycles. The fourth-order valence-corrected chi connectivity index (χ4v) is 2.08. The average molecular weight is 377 g/mol. The molecule has 2 aromatic carbocycles. The van der Waals surface area contributed by atoms with Crippen molar-refractivity contribution in [1.29, 1.82) is 0 Å². The fraction of sp³-hybridized carbons (Fsp3) is 0.158. The first-order valence-corrected chi connectivity index (χ1v) is 7.74. The standard InChI is InChI=1S/C19H17F2NO5/c1-25-16-7-3-12(9-17(16)26-2)4-8-19(24)27-11-18(23)22-15-6-5-13(20)10-14(15)21/h3-10H,11H2,1-2H3,(H,22,23)/b8-4+. The Hall–Kier alpha value is -3.42. The summed E-state index contributed by atoms with van der Waals surface area (Å²) in [4.78, 5) is 23.4. The molecule has 0 spiro atoms. The van der Waals surface area contributed by atoms with Crippen LogP contribution >= 0.6 is 0 Å². The molecule has 0 atom stereocenters. The summed E-state index contributed by atoms with van der Waals surface area (Å²) >= 11 is 0. The van der Waals surface area contributed by atoms with E-state index >= 15 is 0 Å². The van der Waals surface area contributed by atoms with Gasteiger partial charge >= 0.3 is 5.97 Å². The molecule has 0 unspecified atom stereocenters. The van der Waals surface area contributed by atoms with Crippen LogP contribution in [0.25, 0.3) is 6.08 Å². The van der Waals surface area contributed by atoms with Crippen molar-refractivity contribution in [3.63, 3.8) is 0 Å². The van der Waals surface area contributed by atoms with Gasteiger partial charge in [0.15, 0.2) is 18.1 Å². The Balaban J connectivity index is 1.88.